The number of rotatable bonds is 10. The highest BCUT2D eigenvalue weighted by Gasteiger charge is 2.39. The van der Waals surface area contributed by atoms with E-state index in [2.05, 4.69) is 30.6 Å². The van der Waals surface area contributed by atoms with Gasteiger partial charge in [0.1, 0.15) is 41.7 Å². The number of amides is 4. The molecule has 320 valence electrons. The van der Waals surface area contributed by atoms with Crippen molar-refractivity contribution in [1.29, 1.82) is 0 Å². The normalized spacial score (nSPS) is 18.1. The molecule has 4 N–H and O–H groups in total. The van der Waals surface area contributed by atoms with Crippen LogP contribution in [0.15, 0.2) is 58.0 Å². The molecule has 17 heteroatoms. The molecule has 6 heterocycles. The highest BCUT2D eigenvalue weighted by Crippen LogP contribution is 2.42. The second-order valence-corrected chi connectivity index (χ2v) is 16.4. The number of alkyl carbamates (subject to hydrolysis) is 2. The van der Waals surface area contributed by atoms with Crippen LogP contribution in [-0.4, -0.2) is 93.1 Å². The monoisotopic (exact) mass is 834 g/mol. The fourth-order valence-electron chi connectivity index (χ4n) is 8.71. The molecule has 61 heavy (non-hydrogen) atoms. The molecule has 3 aliphatic heterocycles. The average molecular weight is 835 g/mol. The third kappa shape index (κ3) is 7.79. The van der Waals surface area contributed by atoms with Gasteiger partial charge in [0.15, 0.2) is 0 Å². The Bertz CT molecular complexity index is 2560. The Hall–Kier alpha value is -6.65. The summed E-state index contributed by atoms with van der Waals surface area (Å²) in [4.78, 5) is 84.6. The summed E-state index contributed by atoms with van der Waals surface area (Å²) in [6, 6.07) is 9.17. The topological polar surface area (TPSA) is 214 Å². The van der Waals surface area contributed by atoms with Crippen molar-refractivity contribution in [3.8, 4) is 39.4 Å². The number of hydrogen-bond donors (Lipinski definition) is 4. The lowest BCUT2D eigenvalue weighted by Crippen LogP contribution is -2.51. The van der Waals surface area contributed by atoms with Crippen LogP contribution in [0.4, 0.5) is 9.59 Å². The molecule has 4 amide bonds. The molecule has 0 radical (unpaired) electrons. The minimum atomic E-state index is -0.740. The van der Waals surface area contributed by atoms with Gasteiger partial charge in [-0.05, 0) is 55.7 Å². The van der Waals surface area contributed by atoms with E-state index in [1.807, 2.05) is 58.0 Å². The predicted molar refractivity (Wildman–Crippen MR) is 223 cm³/mol. The van der Waals surface area contributed by atoms with Crippen molar-refractivity contribution in [2.24, 2.45) is 11.8 Å². The Labute approximate surface area is 351 Å². The molecule has 0 saturated carbocycles. The largest absolute Gasteiger partial charge is 0.488 e. The first-order valence-electron chi connectivity index (χ1n) is 20.6. The molecule has 4 atom stereocenters. The lowest BCUT2D eigenvalue weighted by molar-refractivity contribution is -0.136. The molecule has 0 aliphatic carbocycles. The van der Waals surface area contributed by atoms with Crippen LogP contribution >= 0.6 is 0 Å². The number of ether oxygens (including phenoxy) is 3. The van der Waals surface area contributed by atoms with E-state index in [0.717, 1.165) is 47.0 Å². The Morgan fingerprint density at radius 3 is 1.82 bits per heavy atom. The maximum absolute atomic E-state index is 13.7. The number of methoxy groups -OCH3 is 2. The Morgan fingerprint density at radius 1 is 0.770 bits per heavy atom. The molecular formula is C44H50N8O9. The molecule has 3 aliphatic rings. The number of imidazole rings is 2. The van der Waals surface area contributed by atoms with Gasteiger partial charge >= 0.3 is 17.8 Å². The first-order chi connectivity index (χ1) is 29.4. The Balaban J connectivity index is 1.01. The molecule has 5 aromatic rings. The van der Waals surface area contributed by atoms with Gasteiger partial charge in [-0.25, -0.2) is 24.4 Å². The summed E-state index contributed by atoms with van der Waals surface area (Å²) in [5, 5.41) is 6.10. The number of nitrogens with one attached hydrogen (secondary N) is 4. The number of benzene rings is 2. The van der Waals surface area contributed by atoms with E-state index in [4.69, 9.17) is 18.6 Å². The van der Waals surface area contributed by atoms with Crippen LogP contribution in [0.1, 0.15) is 82.7 Å². The number of aromatic amines is 2. The summed E-state index contributed by atoms with van der Waals surface area (Å²) in [7, 11) is 2.54. The molecule has 0 bridgehead atoms. The quantitative estimate of drug-likeness (QED) is 0.116. The van der Waals surface area contributed by atoms with E-state index in [1.165, 1.54) is 14.2 Å². The lowest BCUT2D eigenvalue weighted by atomic mass is 9.94. The Morgan fingerprint density at radius 2 is 1.30 bits per heavy atom. The van der Waals surface area contributed by atoms with Crippen molar-refractivity contribution in [2.75, 3.05) is 27.3 Å². The standard InChI is InChI=1S/C44H50N8O9/c1-22(2)36(49-43(56)58-5)40(53)51-15-7-9-31(51)38-45-19-29(47-38)24-12-14-27-33(17-24)60-21-28-26-13-11-25(18-34(26)61-42(55)35(27)28)30-20-46-39(48-30)32-10-8-16-52(32)41(54)37(23(3)4)50-44(57)59-6/h11-14,17-20,22-23,31-32,36-37H,7-10,15-16,21H2,1-6H3,(H,45,47)(H,46,48)(H,49,56)(H,50,57)/t31-,32?,36-,37-/m0/s1. The number of H-pyrrole nitrogens is 2. The van der Waals surface area contributed by atoms with E-state index < -0.39 is 29.9 Å². The van der Waals surface area contributed by atoms with Gasteiger partial charge in [-0.2, -0.15) is 0 Å². The van der Waals surface area contributed by atoms with Gasteiger partial charge in [0.05, 0.1) is 55.6 Å². The van der Waals surface area contributed by atoms with Gasteiger partial charge < -0.3 is 49.0 Å². The van der Waals surface area contributed by atoms with Crippen LogP contribution in [0.2, 0.25) is 0 Å². The highest BCUT2D eigenvalue weighted by atomic mass is 16.5. The van der Waals surface area contributed by atoms with Crippen LogP contribution in [-0.2, 0) is 25.7 Å². The SMILES string of the molecule is COC(=O)N[C@H](C(=O)N1CCCC1c1ncc(-c2ccc3c4c(c(=O)oc3c2)-c2ccc(-c3cnc([C@@H]5CCCN5C(=O)[C@@H](NC(=O)OC)C(C)C)[nH]3)cc2OC4)[nH]1)C(C)C. The molecule has 2 fully saturated rings. The van der Waals surface area contributed by atoms with Gasteiger partial charge in [-0.3, -0.25) is 9.59 Å². The average Bonchev–Trinajstić information content (AvgIpc) is 4.10. The zero-order valence-corrected chi connectivity index (χ0v) is 35.0. The third-order valence-electron chi connectivity index (χ3n) is 11.9. The number of fused-ring (bicyclic) bond motifs is 5. The van der Waals surface area contributed by atoms with E-state index in [1.54, 1.807) is 28.3 Å². The van der Waals surface area contributed by atoms with Gasteiger partial charge in [0, 0.05) is 40.7 Å². The van der Waals surface area contributed by atoms with Crippen molar-refractivity contribution < 1.29 is 37.8 Å². The zero-order chi connectivity index (χ0) is 43.1. The van der Waals surface area contributed by atoms with Crippen LogP contribution in [0.5, 0.6) is 5.75 Å². The number of nitrogens with zero attached hydrogens (tertiary/aromatic N) is 4. The molecular weight excluding hydrogens is 785 g/mol. The van der Waals surface area contributed by atoms with E-state index in [-0.39, 0.29) is 42.3 Å². The zero-order valence-electron chi connectivity index (χ0n) is 35.0. The minimum Gasteiger partial charge on any atom is -0.488 e. The summed E-state index contributed by atoms with van der Waals surface area (Å²) >= 11 is 0. The summed E-state index contributed by atoms with van der Waals surface area (Å²) in [6.07, 6.45) is 5.14. The van der Waals surface area contributed by atoms with Gasteiger partial charge in [-0.15, -0.1) is 0 Å². The number of aromatic nitrogens is 4. The van der Waals surface area contributed by atoms with Crippen LogP contribution in [0.3, 0.4) is 0 Å². The number of carbonyl (C=O) groups is 4. The van der Waals surface area contributed by atoms with Gasteiger partial charge in [0.2, 0.25) is 11.8 Å². The molecule has 0 spiro atoms. The van der Waals surface area contributed by atoms with Crippen molar-refractivity contribution >= 4 is 35.0 Å². The second kappa shape index (κ2) is 16.8. The van der Waals surface area contributed by atoms with Gasteiger partial charge in [-0.1, -0.05) is 45.9 Å². The van der Waals surface area contributed by atoms with E-state index >= 15 is 0 Å². The van der Waals surface area contributed by atoms with Crippen molar-refractivity contribution in [2.45, 2.75) is 84.2 Å². The summed E-state index contributed by atoms with van der Waals surface area (Å²) in [5.74, 6) is 1.13. The molecule has 1 unspecified atom stereocenters. The highest BCUT2D eigenvalue weighted by molar-refractivity contribution is 5.92. The van der Waals surface area contributed by atoms with Gasteiger partial charge in [0.25, 0.3) is 0 Å². The number of hydrogen-bond acceptors (Lipinski definition) is 11. The number of likely N-dealkylation sites (tertiary alicyclic amines) is 2. The summed E-state index contributed by atoms with van der Waals surface area (Å²) in [5.41, 5.74) is 4.66. The molecule has 2 aromatic carbocycles. The maximum Gasteiger partial charge on any atom is 0.407 e. The lowest BCUT2D eigenvalue weighted by Gasteiger charge is -2.30. The van der Waals surface area contributed by atoms with Crippen LogP contribution in [0, 0.1) is 11.8 Å². The number of carbonyl (C=O) groups excluding carboxylic acids is 4. The first kappa shape index (κ1) is 41.1. The molecule has 8 rings (SSSR count). The third-order valence-corrected chi connectivity index (χ3v) is 11.9. The fourth-order valence-corrected chi connectivity index (χ4v) is 8.71. The smallest absolute Gasteiger partial charge is 0.407 e. The molecule has 3 aromatic heterocycles. The van der Waals surface area contributed by atoms with Crippen molar-refractivity contribution in [1.82, 2.24) is 40.4 Å². The van der Waals surface area contributed by atoms with Crippen molar-refractivity contribution in [3.63, 3.8) is 0 Å². The van der Waals surface area contributed by atoms with Crippen LogP contribution < -0.4 is 21.0 Å². The van der Waals surface area contributed by atoms with Crippen LogP contribution in [0.25, 0.3) is 44.6 Å². The summed E-state index contributed by atoms with van der Waals surface area (Å²) in [6.45, 7) is 8.73. The minimum absolute atomic E-state index is 0.146. The first-order valence-corrected chi connectivity index (χ1v) is 20.6. The predicted octanol–water partition coefficient (Wildman–Crippen LogP) is 6.22. The van der Waals surface area contributed by atoms with E-state index in [9.17, 15) is 24.0 Å². The van der Waals surface area contributed by atoms with Crippen molar-refractivity contribution in [3.05, 3.63) is 76.4 Å². The summed E-state index contributed by atoms with van der Waals surface area (Å²) < 4.78 is 21.8. The second-order valence-electron chi connectivity index (χ2n) is 16.4. The van der Waals surface area contributed by atoms with E-state index in [0.29, 0.717) is 59.3 Å². The molecule has 2 saturated heterocycles. The fraction of sp³-hybridized carbons (Fsp3) is 0.432. The molecule has 17 nitrogen and oxygen atoms in total. The maximum atomic E-state index is 13.7. The Kier molecular flexibility index (Phi) is 11.3.